The van der Waals surface area contributed by atoms with Crippen LogP contribution in [0, 0.1) is 0 Å². The third-order valence-electron chi connectivity index (χ3n) is 4.71. The second kappa shape index (κ2) is 6.19. The summed E-state index contributed by atoms with van der Waals surface area (Å²) in [6.45, 7) is 3.89. The normalized spacial score (nSPS) is 15.0. The molecule has 7 heteroatoms. The molecule has 1 fully saturated rings. The minimum atomic E-state index is 0.599. The fourth-order valence-corrected chi connectivity index (χ4v) is 4.07. The van der Waals surface area contributed by atoms with Gasteiger partial charge in [0.2, 0.25) is 0 Å². The number of nitrogens with one attached hydrogen (secondary N) is 1. The third-order valence-corrected chi connectivity index (χ3v) is 5.57. The van der Waals surface area contributed by atoms with E-state index in [0.717, 1.165) is 64.4 Å². The van der Waals surface area contributed by atoms with E-state index >= 15 is 0 Å². The van der Waals surface area contributed by atoms with Crippen molar-refractivity contribution in [3.8, 4) is 11.1 Å². The van der Waals surface area contributed by atoms with Crippen molar-refractivity contribution in [2.24, 2.45) is 0 Å². The summed E-state index contributed by atoms with van der Waals surface area (Å²) in [5.74, 6) is 0.943. The summed E-state index contributed by atoms with van der Waals surface area (Å²) in [7, 11) is 0. The van der Waals surface area contributed by atoms with Crippen LogP contribution in [0.1, 0.15) is 0 Å². The molecule has 0 radical (unpaired) electrons. The Hall–Kier alpha value is -2.77. The van der Waals surface area contributed by atoms with E-state index in [0.29, 0.717) is 5.13 Å². The third kappa shape index (κ3) is 2.75. The van der Waals surface area contributed by atoms with Crippen LogP contribution in [0.15, 0.2) is 42.6 Å². The first kappa shape index (κ1) is 15.5. The number of aromatic nitrogens is 3. The van der Waals surface area contributed by atoms with Gasteiger partial charge in [0, 0.05) is 26.2 Å². The molecule has 0 spiro atoms. The number of rotatable bonds is 2. The highest BCUT2D eigenvalue weighted by molar-refractivity contribution is 7.22. The highest BCUT2D eigenvalue weighted by Crippen LogP contribution is 2.30. The van der Waals surface area contributed by atoms with Crippen molar-refractivity contribution in [2.75, 3.05) is 36.8 Å². The molecule has 1 saturated heterocycles. The Morgan fingerprint density at radius 2 is 1.69 bits per heavy atom. The highest BCUT2D eigenvalue weighted by atomic mass is 32.1. The lowest BCUT2D eigenvalue weighted by molar-refractivity contribution is 0.585. The number of hydrogen-bond acceptors (Lipinski definition) is 7. The maximum absolute atomic E-state index is 5.82. The van der Waals surface area contributed by atoms with Crippen LogP contribution in [0.3, 0.4) is 0 Å². The van der Waals surface area contributed by atoms with E-state index in [4.69, 9.17) is 10.7 Å². The topological polar surface area (TPSA) is 80.0 Å². The Kier molecular flexibility index (Phi) is 3.69. The van der Waals surface area contributed by atoms with Crippen molar-refractivity contribution < 1.29 is 0 Å². The standard InChI is InChI=1S/C19H18N6S/c20-19-24-16-10-13(2-4-17(16)26-19)12-1-3-14-15(9-12)23-18(11-22-14)25-7-5-21-6-8-25/h1-4,9-11,21H,5-8H2,(H2,20,24). The lowest BCUT2D eigenvalue weighted by atomic mass is 10.0. The Labute approximate surface area is 154 Å². The highest BCUT2D eigenvalue weighted by Gasteiger charge is 2.13. The first-order chi connectivity index (χ1) is 12.8. The molecule has 1 aliphatic heterocycles. The van der Waals surface area contributed by atoms with Gasteiger partial charge in [-0.2, -0.15) is 0 Å². The fraction of sp³-hybridized carbons (Fsp3) is 0.211. The van der Waals surface area contributed by atoms with Crippen molar-refractivity contribution in [2.45, 2.75) is 0 Å². The van der Waals surface area contributed by atoms with E-state index in [1.54, 1.807) is 0 Å². The Morgan fingerprint density at radius 1 is 0.923 bits per heavy atom. The number of thiazole rings is 1. The van der Waals surface area contributed by atoms with Gasteiger partial charge >= 0.3 is 0 Å². The number of nitrogens with zero attached hydrogens (tertiary/aromatic N) is 4. The summed E-state index contributed by atoms with van der Waals surface area (Å²) in [5, 5.41) is 3.96. The molecule has 3 heterocycles. The van der Waals surface area contributed by atoms with Gasteiger partial charge < -0.3 is 16.0 Å². The molecule has 2 aromatic carbocycles. The van der Waals surface area contributed by atoms with Gasteiger partial charge in [-0.1, -0.05) is 23.5 Å². The van der Waals surface area contributed by atoms with Gasteiger partial charge in [0.05, 0.1) is 27.4 Å². The number of fused-ring (bicyclic) bond motifs is 2. The molecule has 6 nitrogen and oxygen atoms in total. The molecule has 0 atom stereocenters. The maximum atomic E-state index is 5.82. The number of anilines is 2. The van der Waals surface area contributed by atoms with Crippen LogP contribution < -0.4 is 16.0 Å². The molecule has 0 unspecified atom stereocenters. The van der Waals surface area contributed by atoms with Crippen molar-refractivity contribution in [1.82, 2.24) is 20.3 Å². The first-order valence-electron chi connectivity index (χ1n) is 8.65. The smallest absolute Gasteiger partial charge is 0.181 e. The van der Waals surface area contributed by atoms with Gasteiger partial charge in [0.1, 0.15) is 5.82 Å². The quantitative estimate of drug-likeness (QED) is 0.571. The van der Waals surface area contributed by atoms with Crippen LogP contribution in [0.2, 0.25) is 0 Å². The second-order valence-corrected chi connectivity index (χ2v) is 7.47. The molecule has 1 aliphatic rings. The predicted octanol–water partition coefficient (Wildman–Crippen LogP) is 2.90. The van der Waals surface area contributed by atoms with Crippen LogP contribution in [-0.4, -0.2) is 41.1 Å². The Bertz CT molecular complexity index is 1100. The molecular formula is C19H18N6S. The molecule has 3 N–H and O–H groups in total. The summed E-state index contributed by atoms with van der Waals surface area (Å²) in [6, 6.07) is 12.5. The SMILES string of the molecule is Nc1nc2cc(-c3ccc4ncc(N5CCNCC5)nc4c3)ccc2s1. The van der Waals surface area contributed by atoms with E-state index in [1.807, 2.05) is 12.3 Å². The van der Waals surface area contributed by atoms with E-state index in [9.17, 15) is 0 Å². The molecule has 0 saturated carbocycles. The molecule has 0 amide bonds. The zero-order chi connectivity index (χ0) is 17.5. The van der Waals surface area contributed by atoms with Crippen LogP contribution in [-0.2, 0) is 0 Å². The van der Waals surface area contributed by atoms with Gasteiger partial charge in [0.25, 0.3) is 0 Å². The van der Waals surface area contributed by atoms with Crippen molar-refractivity contribution in [1.29, 1.82) is 0 Å². The van der Waals surface area contributed by atoms with Crippen LogP contribution in [0.4, 0.5) is 10.9 Å². The number of nitrogens with two attached hydrogens (primary N) is 1. The van der Waals surface area contributed by atoms with Gasteiger partial charge in [-0.3, -0.25) is 4.98 Å². The van der Waals surface area contributed by atoms with Gasteiger partial charge in [-0.05, 0) is 35.4 Å². The van der Waals surface area contributed by atoms with Crippen molar-refractivity contribution in [3.05, 3.63) is 42.6 Å². The minimum Gasteiger partial charge on any atom is -0.375 e. The zero-order valence-electron chi connectivity index (χ0n) is 14.1. The lowest BCUT2D eigenvalue weighted by Crippen LogP contribution is -2.43. The molecule has 0 aliphatic carbocycles. The summed E-state index contributed by atoms with van der Waals surface area (Å²) < 4.78 is 1.10. The van der Waals surface area contributed by atoms with Gasteiger partial charge in [-0.15, -0.1) is 0 Å². The van der Waals surface area contributed by atoms with Gasteiger partial charge in [0.15, 0.2) is 5.13 Å². The maximum Gasteiger partial charge on any atom is 0.181 e. The average molecular weight is 362 g/mol. The molecule has 0 bridgehead atoms. The average Bonchev–Trinajstić information content (AvgIpc) is 3.07. The van der Waals surface area contributed by atoms with Crippen LogP contribution in [0.25, 0.3) is 32.4 Å². The molecule has 130 valence electrons. The Morgan fingerprint density at radius 3 is 2.54 bits per heavy atom. The predicted molar refractivity (Wildman–Crippen MR) is 108 cm³/mol. The van der Waals surface area contributed by atoms with Crippen LogP contribution >= 0.6 is 11.3 Å². The summed E-state index contributed by atoms with van der Waals surface area (Å²) in [4.78, 5) is 16.1. The van der Waals surface area contributed by atoms with Gasteiger partial charge in [-0.25, -0.2) is 9.97 Å². The summed E-state index contributed by atoms with van der Waals surface area (Å²) in [5.41, 5.74) is 10.8. The Balaban J connectivity index is 1.56. The van der Waals surface area contributed by atoms with Crippen molar-refractivity contribution >= 4 is 43.5 Å². The van der Waals surface area contributed by atoms with E-state index in [1.165, 1.54) is 11.3 Å². The molecular weight excluding hydrogens is 344 g/mol. The number of hydrogen-bond donors (Lipinski definition) is 2. The number of benzene rings is 2. The van der Waals surface area contributed by atoms with Crippen molar-refractivity contribution in [3.63, 3.8) is 0 Å². The second-order valence-electron chi connectivity index (χ2n) is 6.40. The summed E-state index contributed by atoms with van der Waals surface area (Å²) in [6.07, 6.45) is 1.87. The number of piperazine rings is 1. The fourth-order valence-electron chi connectivity index (χ4n) is 3.35. The molecule has 4 aromatic rings. The zero-order valence-corrected chi connectivity index (χ0v) is 15.0. The van der Waals surface area contributed by atoms with E-state index < -0.39 is 0 Å². The first-order valence-corrected chi connectivity index (χ1v) is 9.47. The largest absolute Gasteiger partial charge is 0.375 e. The summed E-state index contributed by atoms with van der Waals surface area (Å²) >= 11 is 1.51. The van der Waals surface area contributed by atoms with E-state index in [-0.39, 0.29) is 0 Å². The molecule has 5 rings (SSSR count). The minimum absolute atomic E-state index is 0.599. The number of nitrogen functional groups attached to an aromatic ring is 1. The molecule has 2 aromatic heterocycles. The lowest BCUT2D eigenvalue weighted by Gasteiger charge is -2.28. The monoisotopic (exact) mass is 362 g/mol. The van der Waals surface area contributed by atoms with E-state index in [2.05, 4.69) is 50.5 Å². The van der Waals surface area contributed by atoms with Crippen LogP contribution in [0.5, 0.6) is 0 Å². The molecule has 26 heavy (non-hydrogen) atoms.